The molecule has 8 nitrogen and oxygen atoms in total. The predicted molar refractivity (Wildman–Crippen MR) is 134 cm³/mol. The van der Waals surface area contributed by atoms with Gasteiger partial charge in [-0.1, -0.05) is 41.9 Å². The Hall–Kier alpha value is -3.91. The van der Waals surface area contributed by atoms with Crippen molar-refractivity contribution in [2.45, 2.75) is 19.4 Å². The van der Waals surface area contributed by atoms with Gasteiger partial charge in [-0.2, -0.15) is 4.98 Å². The minimum absolute atomic E-state index is 0.0561. The van der Waals surface area contributed by atoms with Gasteiger partial charge in [-0.05, 0) is 43.0 Å². The number of nitrogens with two attached hydrogens (primary N) is 1. The fourth-order valence-corrected chi connectivity index (χ4v) is 4.40. The molecule has 1 aliphatic rings. The van der Waals surface area contributed by atoms with Crippen molar-refractivity contribution in [2.75, 3.05) is 24.1 Å². The average molecular weight is 475 g/mol. The number of pyridine rings is 1. The largest absolute Gasteiger partial charge is 0.368 e. The summed E-state index contributed by atoms with van der Waals surface area (Å²) in [6.07, 6.45) is 2.42. The van der Waals surface area contributed by atoms with E-state index in [1.807, 2.05) is 55.5 Å². The molecule has 1 amide bonds. The van der Waals surface area contributed by atoms with Gasteiger partial charge in [0.05, 0.1) is 16.5 Å². The summed E-state index contributed by atoms with van der Waals surface area (Å²) in [4.78, 5) is 36.6. The third-order valence-electron chi connectivity index (χ3n) is 6.02. The van der Waals surface area contributed by atoms with Gasteiger partial charge in [0.2, 0.25) is 5.95 Å². The number of nitrogens with zero attached hydrogens (tertiary/aromatic N) is 4. The summed E-state index contributed by atoms with van der Waals surface area (Å²) in [7, 11) is 0. The molecule has 2 aromatic heterocycles. The van der Waals surface area contributed by atoms with Crippen LogP contribution in [0.3, 0.4) is 0 Å². The standard InChI is InChI=1S/C25H23ClN6O2/c1-15(29-22-18(14-28-25(27)30-22)23(33)31-11-6-12-31)20-13-16-7-5-10-19(26)21(16)24(34)32(20)17-8-3-2-4-9-17/h2-5,7-10,13-15H,6,11-12H2,1H3,(H3,27,28,29,30). The molecular weight excluding hydrogens is 452 g/mol. The minimum atomic E-state index is -0.409. The Morgan fingerprint density at radius 2 is 1.91 bits per heavy atom. The summed E-state index contributed by atoms with van der Waals surface area (Å²) in [6.45, 7) is 3.31. The number of likely N-dealkylation sites (tertiary alicyclic amines) is 1. The Morgan fingerprint density at radius 3 is 2.62 bits per heavy atom. The van der Waals surface area contributed by atoms with E-state index in [2.05, 4.69) is 15.3 Å². The molecule has 2 aromatic carbocycles. The van der Waals surface area contributed by atoms with E-state index in [0.29, 0.717) is 46.3 Å². The van der Waals surface area contributed by atoms with Crippen LogP contribution in [0.1, 0.15) is 35.4 Å². The van der Waals surface area contributed by atoms with Gasteiger partial charge < -0.3 is 16.0 Å². The highest BCUT2D eigenvalue weighted by Crippen LogP contribution is 2.28. The SMILES string of the molecule is CC(Nc1nc(N)ncc1C(=O)N1CCC1)c1cc2cccc(Cl)c2c(=O)n1-c1ccccc1. The molecule has 3 heterocycles. The Bertz CT molecular complexity index is 1450. The molecule has 5 rings (SSSR count). The smallest absolute Gasteiger partial charge is 0.264 e. The Kier molecular flexibility index (Phi) is 5.67. The molecule has 1 fully saturated rings. The van der Waals surface area contributed by atoms with Gasteiger partial charge in [-0.3, -0.25) is 14.2 Å². The van der Waals surface area contributed by atoms with Crippen LogP contribution in [0.5, 0.6) is 0 Å². The molecule has 172 valence electrons. The number of anilines is 2. The first kappa shape index (κ1) is 21.9. The lowest BCUT2D eigenvalue weighted by atomic mass is 10.1. The average Bonchev–Trinajstić information content (AvgIpc) is 2.78. The second-order valence-electron chi connectivity index (χ2n) is 8.25. The summed E-state index contributed by atoms with van der Waals surface area (Å²) >= 11 is 6.40. The molecule has 1 aliphatic heterocycles. The first-order valence-electron chi connectivity index (χ1n) is 11.0. The zero-order valence-corrected chi connectivity index (χ0v) is 19.3. The number of nitrogens with one attached hydrogen (secondary N) is 1. The fraction of sp³-hybridized carbons (Fsp3) is 0.200. The summed E-state index contributed by atoms with van der Waals surface area (Å²) in [6, 6.07) is 16.3. The van der Waals surface area contributed by atoms with Gasteiger partial charge in [0, 0.05) is 30.7 Å². The maximum absolute atomic E-state index is 13.6. The summed E-state index contributed by atoms with van der Waals surface area (Å²) in [5.41, 5.74) is 7.36. The quantitative estimate of drug-likeness (QED) is 0.452. The molecule has 9 heteroatoms. The van der Waals surface area contributed by atoms with E-state index in [4.69, 9.17) is 17.3 Å². The Labute approximate surface area is 201 Å². The number of rotatable bonds is 5. The molecule has 3 N–H and O–H groups in total. The van der Waals surface area contributed by atoms with E-state index in [-0.39, 0.29) is 17.4 Å². The van der Waals surface area contributed by atoms with Crippen LogP contribution >= 0.6 is 11.6 Å². The number of hydrogen-bond acceptors (Lipinski definition) is 6. The minimum Gasteiger partial charge on any atom is -0.368 e. The topological polar surface area (TPSA) is 106 Å². The van der Waals surface area contributed by atoms with Crippen molar-refractivity contribution in [1.82, 2.24) is 19.4 Å². The van der Waals surface area contributed by atoms with E-state index in [0.717, 1.165) is 11.8 Å². The van der Waals surface area contributed by atoms with E-state index in [9.17, 15) is 9.59 Å². The van der Waals surface area contributed by atoms with Crippen molar-refractivity contribution in [3.8, 4) is 5.69 Å². The first-order chi connectivity index (χ1) is 16.4. The highest BCUT2D eigenvalue weighted by molar-refractivity contribution is 6.35. The van der Waals surface area contributed by atoms with Gasteiger partial charge in [-0.25, -0.2) is 4.98 Å². The van der Waals surface area contributed by atoms with Crippen molar-refractivity contribution in [3.63, 3.8) is 0 Å². The second-order valence-corrected chi connectivity index (χ2v) is 8.66. The molecule has 0 spiro atoms. The molecule has 0 bridgehead atoms. The zero-order chi connectivity index (χ0) is 23.8. The third-order valence-corrected chi connectivity index (χ3v) is 6.33. The van der Waals surface area contributed by atoms with Crippen molar-refractivity contribution in [1.29, 1.82) is 0 Å². The number of halogens is 1. The van der Waals surface area contributed by atoms with Crippen LogP contribution in [0.4, 0.5) is 11.8 Å². The third kappa shape index (κ3) is 3.86. The molecule has 34 heavy (non-hydrogen) atoms. The number of hydrogen-bond donors (Lipinski definition) is 2. The second kappa shape index (κ2) is 8.79. The normalized spacial score (nSPS) is 14.0. The highest BCUT2D eigenvalue weighted by Gasteiger charge is 2.26. The number of aromatic nitrogens is 3. The van der Waals surface area contributed by atoms with Crippen LogP contribution in [0.25, 0.3) is 16.5 Å². The summed E-state index contributed by atoms with van der Waals surface area (Å²) < 4.78 is 1.63. The lowest BCUT2D eigenvalue weighted by Gasteiger charge is -2.31. The van der Waals surface area contributed by atoms with Crippen LogP contribution in [0.15, 0.2) is 65.6 Å². The van der Waals surface area contributed by atoms with Gasteiger partial charge in [0.15, 0.2) is 0 Å². The molecule has 1 unspecified atom stereocenters. The monoisotopic (exact) mass is 474 g/mol. The Balaban J connectivity index is 1.63. The molecular formula is C25H23ClN6O2. The van der Waals surface area contributed by atoms with Crippen LogP contribution in [-0.2, 0) is 0 Å². The highest BCUT2D eigenvalue weighted by atomic mass is 35.5. The van der Waals surface area contributed by atoms with Crippen LogP contribution in [0.2, 0.25) is 5.02 Å². The lowest BCUT2D eigenvalue weighted by Crippen LogP contribution is -2.42. The van der Waals surface area contributed by atoms with E-state index < -0.39 is 6.04 Å². The first-order valence-corrected chi connectivity index (χ1v) is 11.4. The summed E-state index contributed by atoms with van der Waals surface area (Å²) in [5, 5.41) is 4.87. The number of carbonyl (C=O) groups excluding carboxylic acids is 1. The van der Waals surface area contributed by atoms with Crippen molar-refractivity contribution < 1.29 is 4.79 Å². The van der Waals surface area contributed by atoms with Gasteiger partial charge in [-0.15, -0.1) is 0 Å². The van der Waals surface area contributed by atoms with Crippen molar-refractivity contribution in [2.24, 2.45) is 0 Å². The molecule has 0 saturated carbocycles. The van der Waals surface area contributed by atoms with E-state index >= 15 is 0 Å². The number of fused-ring (bicyclic) bond motifs is 1. The number of benzene rings is 2. The lowest BCUT2D eigenvalue weighted by molar-refractivity contribution is 0.0652. The fourth-order valence-electron chi connectivity index (χ4n) is 4.13. The molecule has 0 aliphatic carbocycles. The van der Waals surface area contributed by atoms with Gasteiger partial charge in [0.25, 0.3) is 11.5 Å². The van der Waals surface area contributed by atoms with Crippen LogP contribution in [-0.4, -0.2) is 38.4 Å². The number of nitrogen functional groups attached to an aromatic ring is 1. The van der Waals surface area contributed by atoms with E-state index in [1.54, 1.807) is 15.5 Å². The zero-order valence-electron chi connectivity index (χ0n) is 18.5. The molecule has 4 aromatic rings. The van der Waals surface area contributed by atoms with Crippen LogP contribution in [0, 0.1) is 0 Å². The Morgan fingerprint density at radius 1 is 1.15 bits per heavy atom. The maximum atomic E-state index is 13.6. The van der Waals surface area contributed by atoms with Crippen LogP contribution < -0.4 is 16.6 Å². The van der Waals surface area contributed by atoms with Crippen molar-refractivity contribution in [3.05, 3.63) is 87.4 Å². The summed E-state index contributed by atoms with van der Waals surface area (Å²) in [5.74, 6) is 0.238. The molecule has 1 saturated heterocycles. The number of para-hydroxylation sites is 1. The predicted octanol–water partition coefficient (Wildman–Crippen LogP) is 4.04. The maximum Gasteiger partial charge on any atom is 0.264 e. The van der Waals surface area contributed by atoms with Gasteiger partial charge >= 0.3 is 0 Å². The van der Waals surface area contributed by atoms with Gasteiger partial charge in [0.1, 0.15) is 11.4 Å². The molecule has 0 radical (unpaired) electrons. The van der Waals surface area contributed by atoms with Crippen molar-refractivity contribution >= 4 is 40.0 Å². The number of amides is 1. The van der Waals surface area contributed by atoms with E-state index in [1.165, 1.54) is 6.20 Å². The molecule has 1 atom stereocenters. The number of carbonyl (C=O) groups is 1.